The Morgan fingerprint density at radius 2 is 1.74 bits per heavy atom. The summed E-state index contributed by atoms with van der Waals surface area (Å²) >= 11 is 0. The molecule has 8 nitrogen and oxygen atoms in total. The van der Waals surface area contributed by atoms with Gasteiger partial charge < -0.3 is 20.7 Å². The predicted molar refractivity (Wildman–Crippen MR) is 121 cm³/mol. The Kier molecular flexibility index (Phi) is 6.97. The van der Waals surface area contributed by atoms with E-state index in [0.717, 1.165) is 11.6 Å². The molecule has 1 atom stereocenters. The van der Waals surface area contributed by atoms with Gasteiger partial charge in [0.2, 0.25) is 5.91 Å². The van der Waals surface area contributed by atoms with E-state index in [1.54, 1.807) is 24.3 Å². The van der Waals surface area contributed by atoms with Crippen molar-refractivity contribution in [3.8, 4) is 0 Å². The van der Waals surface area contributed by atoms with Gasteiger partial charge in [-0.15, -0.1) is 0 Å². The van der Waals surface area contributed by atoms with Crippen molar-refractivity contribution in [1.82, 2.24) is 20.6 Å². The maximum atomic E-state index is 13.2. The molecule has 1 fully saturated rings. The van der Waals surface area contributed by atoms with Gasteiger partial charge in [-0.25, -0.2) is 9.97 Å². The summed E-state index contributed by atoms with van der Waals surface area (Å²) in [6.45, 7) is 0.503. The minimum absolute atomic E-state index is 0.0275. The van der Waals surface area contributed by atoms with Crippen LogP contribution in [0, 0.1) is 0 Å². The Labute approximate surface area is 198 Å². The third-order valence-corrected chi connectivity index (χ3v) is 5.55. The van der Waals surface area contributed by atoms with Gasteiger partial charge in [0.1, 0.15) is 11.9 Å². The minimum Gasteiger partial charge on any atom is -0.378 e. The number of rotatable bonds is 7. The molecule has 35 heavy (non-hydrogen) atoms. The van der Waals surface area contributed by atoms with E-state index in [4.69, 9.17) is 4.74 Å². The Hall–Kier alpha value is -3.99. The number of benzene rings is 2. The van der Waals surface area contributed by atoms with Gasteiger partial charge >= 0.3 is 6.18 Å². The summed E-state index contributed by atoms with van der Waals surface area (Å²) in [4.78, 5) is 33.2. The fourth-order valence-electron chi connectivity index (χ4n) is 3.66. The molecule has 1 aliphatic rings. The fourth-order valence-corrected chi connectivity index (χ4v) is 3.66. The number of nitrogens with one attached hydrogen (secondary N) is 3. The summed E-state index contributed by atoms with van der Waals surface area (Å²) in [5, 5.41) is 8.32. The SMILES string of the molecule is O=C(NC1(C(=O)NCc2ccc(Nc3ccccc3C(F)(F)F)cc2)CCOC1)c1cncnc1. The van der Waals surface area contributed by atoms with Crippen LogP contribution in [0.1, 0.15) is 27.9 Å². The van der Waals surface area contributed by atoms with Gasteiger partial charge in [-0.3, -0.25) is 9.59 Å². The van der Waals surface area contributed by atoms with Gasteiger partial charge in [-0.2, -0.15) is 13.2 Å². The number of halogens is 3. The topological polar surface area (TPSA) is 105 Å². The number of anilines is 2. The van der Waals surface area contributed by atoms with E-state index in [1.807, 2.05) is 0 Å². The highest BCUT2D eigenvalue weighted by Gasteiger charge is 2.43. The van der Waals surface area contributed by atoms with Crippen LogP contribution in [0.3, 0.4) is 0 Å². The minimum atomic E-state index is -4.48. The largest absolute Gasteiger partial charge is 0.418 e. The van der Waals surface area contributed by atoms with Crippen LogP contribution in [0.5, 0.6) is 0 Å². The first kappa shape index (κ1) is 24.1. The lowest BCUT2D eigenvalue weighted by molar-refractivity contribution is -0.137. The fraction of sp³-hybridized carbons (Fsp3) is 0.250. The number of nitrogens with zero attached hydrogens (tertiary/aromatic N) is 2. The first-order valence-corrected chi connectivity index (χ1v) is 10.7. The maximum Gasteiger partial charge on any atom is 0.418 e. The zero-order valence-electron chi connectivity index (χ0n) is 18.4. The van der Waals surface area contributed by atoms with Crippen molar-refractivity contribution in [3.63, 3.8) is 0 Å². The van der Waals surface area contributed by atoms with Gasteiger partial charge in [0.25, 0.3) is 5.91 Å². The molecule has 2 aromatic carbocycles. The van der Waals surface area contributed by atoms with Crippen LogP contribution in [0.15, 0.2) is 67.3 Å². The van der Waals surface area contributed by atoms with E-state index >= 15 is 0 Å². The molecule has 0 bridgehead atoms. The molecule has 0 aliphatic carbocycles. The summed E-state index contributed by atoms with van der Waals surface area (Å²) in [5.41, 5.74) is -0.620. The summed E-state index contributed by atoms with van der Waals surface area (Å²) in [5.74, 6) is -0.887. The second-order valence-electron chi connectivity index (χ2n) is 8.01. The molecule has 11 heteroatoms. The summed E-state index contributed by atoms with van der Waals surface area (Å²) in [6, 6.07) is 11.9. The normalized spacial score (nSPS) is 17.6. The van der Waals surface area contributed by atoms with Crippen molar-refractivity contribution < 1.29 is 27.5 Å². The van der Waals surface area contributed by atoms with Crippen LogP contribution >= 0.6 is 0 Å². The van der Waals surface area contributed by atoms with Crippen molar-refractivity contribution in [2.45, 2.75) is 24.7 Å². The molecule has 4 rings (SSSR count). The molecule has 0 spiro atoms. The van der Waals surface area contributed by atoms with Gasteiger partial charge in [0, 0.05) is 37.7 Å². The smallest absolute Gasteiger partial charge is 0.378 e. The first-order valence-electron chi connectivity index (χ1n) is 10.7. The lowest BCUT2D eigenvalue weighted by Gasteiger charge is -2.27. The molecule has 3 aromatic rings. The Morgan fingerprint density at radius 3 is 2.40 bits per heavy atom. The lowest BCUT2D eigenvalue weighted by atomic mass is 9.96. The van der Waals surface area contributed by atoms with Gasteiger partial charge in [-0.05, 0) is 29.8 Å². The van der Waals surface area contributed by atoms with Crippen molar-refractivity contribution in [1.29, 1.82) is 0 Å². The van der Waals surface area contributed by atoms with Gasteiger partial charge in [-0.1, -0.05) is 24.3 Å². The van der Waals surface area contributed by atoms with Gasteiger partial charge in [0.15, 0.2) is 0 Å². The van der Waals surface area contributed by atoms with Gasteiger partial charge in [0.05, 0.1) is 23.4 Å². The van der Waals surface area contributed by atoms with E-state index < -0.39 is 29.1 Å². The van der Waals surface area contributed by atoms with Crippen LogP contribution in [0.25, 0.3) is 0 Å². The molecule has 1 unspecified atom stereocenters. The molecule has 1 aromatic heterocycles. The molecular formula is C24H22F3N5O3. The van der Waals surface area contributed by atoms with Crippen LogP contribution in [0.2, 0.25) is 0 Å². The van der Waals surface area contributed by atoms with E-state index in [9.17, 15) is 22.8 Å². The standard InChI is InChI=1S/C24H22F3N5O3/c25-24(26,27)19-3-1-2-4-20(19)31-18-7-5-16(6-8-18)11-30-22(34)23(9-10-35-14-23)32-21(33)17-12-28-15-29-13-17/h1-8,12-13,15,31H,9-11,14H2,(H,30,34)(H,32,33). The molecular weight excluding hydrogens is 463 g/mol. The third kappa shape index (κ3) is 5.75. The summed E-state index contributed by atoms with van der Waals surface area (Å²) < 4.78 is 45.0. The highest BCUT2D eigenvalue weighted by atomic mass is 19.4. The zero-order valence-corrected chi connectivity index (χ0v) is 18.4. The van der Waals surface area contributed by atoms with Crippen molar-refractivity contribution in [3.05, 3.63) is 83.9 Å². The highest BCUT2D eigenvalue weighted by molar-refractivity contribution is 5.99. The van der Waals surface area contributed by atoms with E-state index in [-0.39, 0.29) is 24.4 Å². The molecule has 1 aliphatic heterocycles. The maximum absolute atomic E-state index is 13.2. The number of carbonyl (C=O) groups is 2. The zero-order chi connectivity index (χ0) is 24.9. The molecule has 2 amide bonds. The lowest BCUT2D eigenvalue weighted by Crippen LogP contribution is -2.59. The quantitative estimate of drug-likeness (QED) is 0.474. The highest BCUT2D eigenvalue weighted by Crippen LogP contribution is 2.35. The third-order valence-electron chi connectivity index (χ3n) is 5.55. The second-order valence-corrected chi connectivity index (χ2v) is 8.01. The Balaban J connectivity index is 1.38. The van der Waals surface area contributed by atoms with Crippen LogP contribution in [0.4, 0.5) is 24.5 Å². The average Bonchev–Trinajstić information content (AvgIpc) is 3.33. The number of hydrogen-bond donors (Lipinski definition) is 3. The number of alkyl halides is 3. The van der Waals surface area contributed by atoms with Crippen molar-refractivity contribution >= 4 is 23.2 Å². The van der Waals surface area contributed by atoms with Crippen LogP contribution in [-0.4, -0.2) is 40.5 Å². The number of carbonyl (C=O) groups excluding carboxylic acids is 2. The molecule has 3 N–H and O–H groups in total. The first-order chi connectivity index (χ1) is 16.8. The predicted octanol–water partition coefficient (Wildman–Crippen LogP) is 3.44. The van der Waals surface area contributed by atoms with E-state index in [1.165, 1.54) is 36.9 Å². The van der Waals surface area contributed by atoms with E-state index in [0.29, 0.717) is 18.7 Å². The molecule has 182 valence electrons. The Bertz CT molecular complexity index is 1180. The second kappa shape index (κ2) is 10.1. The molecule has 2 heterocycles. The summed E-state index contributed by atoms with van der Waals surface area (Å²) in [7, 11) is 0. The molecule has 0 saturated carbocycles. The molecule has 1 saturated heterocycles. The van der Waals surface area contributed by atoms with Crippen molar-refractivity contribution in [2.24, 2.45) is 0 Å². The van der Waals surface area contributed by atoms with E-state index in [2.05, 4.69) is 25.9 Å². The number of ether oxygens (including phenoxy) is 1. The summed E-state index contributed by atoms with van der Waals surface area (Å²) in [6.07, 6.45) is -0.164. The van der Waals surface area contributed by atoms with Crippen molar-refractivity contribution in [2.75, 3.05) is 18.5 Å². The number of hydrogen-bond acceptors (Lipinski definition) is 6. The molecule has 0 radical (unpaired) electrons. The number of para-hydroxylation sites is 1. The van der Waals surface area contributed by atoms with Crippen LogP contribution < -0.4 is 16.0 Å². The average molecular weight is 485 g/mol. The number of aromatic nitrogens is 2. The monoisotopic (exact) mass is 485 g/mol. The van der Waals surface area contributed by atoms with Crippen LogP contribution in [-0.2, 0) is 22.3 Å². The number of amides is 2. The Morgan fingerprint density at radius 1 is 1.03 bits per heavy atom.